The molecule has 160 valence electrons. The Morgan fingerprint density at radius 3 is 2.38 bits per heavy atom. The van der Waals surface area contributed by atoms with Crippen molar-refractivity contribution in [2.75, 3.05) is 18.6 Å². The molecule has 0 aliphatic carbocycles. The number of halogens is 1. The van der Waals surface area contributed by atoms with E-state index in [4.69, 9.17) is 4.74 Å². The van der Waals surface area contributed by atoms with Gasteiger partial charge in [0, 0.05) is 19.2 Å². The van der Waals surface area contributed by atoms with Crippen LogP contribution >= 0.6 is 0 Å². The van der Waals surface area contributed by atoms with Gasteiger partial charge < -0.3 is 9.64 Å². The second-order valence-corrected chi connectivity index (χ2v) is 7.82. The number of carbonyl (C=O) groups is 2. The molecular weight excluding hydrogens is 407 g/mol. The zero-order chi connectivity index (χ0) is 22.2. The zero-order valence-electron chi connectivity index (χ0n) is 17.5. The van der Waals surface area contributed by atoms with E-state index in [1.165, 1.54) is 29.7 Å². The maximum Gasteiger partial charge on any atom is 0.282 e. The molecule has 2 aliphatic heterocycles. The van der Waals surface area contributed by atoms with Gasteiger partial charge in [-0.1, -0.05) is 42.5 Å². The normalized spacial score (nSPS) is 15.9. The van der Waals surface area contributed by atoms with E-state index in [2.05, 4.69) is 6.07 Å². The predicted octanol–water partition coefficient (Wildman–Crippen LogP) is 4.18. The summed E-state index contributed by atoms with van der Waals surface area (Å²) in [7, 11) is 1.53. The molecule has 6 heteroatoms. The fraction of sp³-hybridized carbons (Fsp3) is 0.154. The Bertz CT molecular complexity index is 1250. The number of carbonyl (C=O) groups excluding carboxylic acids is 2. The number of hydrogen-bond donors (Lipinski definition) is 0. The van der Waals surface area contributed by atoms with Crippen molar-refractivity contribution in [1.82, 2.24) is 4.90 Å². The third kappa shape index (κ3) is 3.34. The summed E-state index contributed by atoms with van der Waals surface area (Å²) in [6, 6.07) is 20.7. The molecule has 5 nitrogen and oxygen atoms in total. The van der Waals surface area contributed by atoms with Crippen LogP contribution in [0, 0.1) is 5.82 Å². The van der Waals surface area contributed by atoms with Crippen molar-refractivity contribution in [2.24, 2.45) is 0 Å². The zero-order valence-corrected chi connectivity index (χ0v) is 17.5. The lowest BCUT2D eigenvalue weighted by molar-refractivity contribution is -0.120. The summed E-state index contributed by atoms with van der Waals surface area (Å²) in [6.07, 6.45) is 0.775. The molecule has 0 unspecified atom stereocenters. The molecule has 3 aromatic rings. The van der Waals surface area contributed by atoms with Gasteiger partial charge in [0.25, 0.3) is 11.8 Å². The van der Waals surface area contributed by atoms with Gasteiger partial charge in [0.1, 0.15) is 17.3 Å². The van der Waals surface area contributed by atoms with Crippen molar-refractivity contribution in [3.63, 3.8) is 0 Å². The average Bonchev–Trinajstić information content (AvgIpc) is 3.09. The second-order valence-electron chi connectivity index (χ2n) is 7.82. The van der Waals surface area contributed by atoms with E-state index in [0.29, 0.717) is 35.8 Å². The standard InChI is InChI=1S/C26H21FN2O3/c1-32-22-8-4-7-21(15-22)29-25(30)23(18-9-11-20(27)12-10-18)24(26(29)31)28-14-13-17-5-2-3-6-19(17)16-28/h2-12,15H,13-14,16H2,1H3. The van der Waals surface area contributed by atoms with Gasteiger partial charge >= 0.3 is 0 Å². The minimum atomic E-state index is -0.427. The second kappa shape index (κ2) is 7.96. The Kier molecular flexibility index (Phi) is 4.98. The molecule has 32 heavy (non-hydrogen) atoms. The highest BCUT2D eigenvalue weighted by molar-refractivity contribution is 6.45. The number of benzene rings is 3. The summed E-state index contributed by atoms with van der Waals surface area (Å²) in [5.74, 6) is -0.665. The molecule has 0 aromatic heterocycles. The van der Waals surface area contributed by atoms with Gasteiger partial charge in [0.15, 0.2) is 0 Å². The van der Waals surface area contributed by atoms with E-state index >= 15 is 0 Å². The van der Waals surface area contributed by atoms with Crippen molar-refractivity contribution in [3.05, 3.63) is 101 Å². The van der Waals surface area contributed by atoms with Crippen LogP contribution in [0.3, 0.4) is 0 Å². The first-order chi connectivity index (χ1) is 15.6. The van der Waals surface area contributed by atoms with Crippen LogP contribution in [-0.4, -0.2) is 30.4 Å². The Morgan fingerprint density at radius 2 is 1.62 bits per heavy atom. The number of amides is 2. The molecule has 2 amide bonds. The van der Waals surface area contributed by atoms with Crippen LogP contribution < -0.4 is 9.64 Å². The highest BCUT2D eigenvalue weighted by atomic mass is 19.1. The first kappa shape index (κ1) is 20.0. The molecule has 3 aromatic carbocycles. The molecule has 0 fully saturated rings. The van der Waals surface area contributed by atoms with Crippen LogP contribution in [0.2, 0.25) is 0 Å². The molecule has 0 radical (unpaired) electrons. The summed E-state index contributed by atoms with van der Waals surface area (Å²) in [5.41, 5.74) is 3.96. The van der Waals surface area contributed by atoms with Crippen molar-refractivity contribution >= 4 is 23.1 Å². The topological polar surface area (TPSA) is 49.9 Å². The predicted molar refractivity (Wildman–Crippen MR) is 119 cm³/mol. The highest BCUT2D eigenvalue weighted by Gasteiger charge is 2.43. The molecule has 0 bridgehead atoms. The van der Waals surface area contributed by atoms with Crippen molar-refractivity contribution in [3.8, 4) is 5.75 Å². The first-order valence-electron chi connectivity index (χ1n) is 10.4. The minimum Gasteiger partial charge on any atom is -0.497 e. The van der Waals surface area contributed by atoms with Crippen LogP contribution in [0.1, 0.15) is 16.7 Å². The summed E-state index contributed by atoms with van der Waals surface area (Å²) < 4.78 is 18.9. The van der Waals surface area contributed by atoms with Crippen molar-refractivity contribution < 1.29 is 18.7 Å². The largest absolute Gasteiger partial charge is 0.497 e. The molecule has 0 atom stereocenters. The van der Waals surface area contributed by atoms with E-state index in [1.807, 2.05) is 23.1 Å². The van der Waals surface area contributed by atoms with Gasteiger partial charge in [0.2, 0.25) is 0 Å². The summed E-state index contributed by atoms with van der Waals surface area (Å²) >= 11 is 0. The molecule has 5 rings (SSSR count). The number of rotatable bonds is 4. The fourth-order valence-electron chi connectivity index (χ4n) is 4.36. The van der Waals surface area contributed by atoms with Gasteiger partial charge in [-0.3, -0.25) is 9.59 Å². The first-order valence-corrected chi connectivity index (χ1v) is 10.4. The number of nitrogens with zero attached hydrogens (tertiary/aromatic N) is 2. The van der Waals surface area contributed by atoms with Crippen LogP contribution in [0.4, 0.5) is 10.1 Å². The maximum absolute atomic E-state index is 13.7. The van der Waals surface area contributed by atoms with Gasteiger partial charge in [-0.25, -0.2) is 9.29 Å². The monoisotopic (exact) mass is 428 g/mol. The molecule has 0 N–H and O–H groups in total. The molecule has 0 saturated heterocycles. The molecule has 2 aliphatic rings. The maximum atomic E-state index is 13.7. The molecular formula is C26H21FN2O3. The Hall–Kier alpha value is -3.93. The van der Waals surface area contributed by atoms with E-state index in [9.17, 15) is 14.0 Å². The highest BCUT2D eigenvalue weighted by Crippen LogP contribution is 2.37. The smallest absolute Gasteiger partial charge is 0.282 e. The lowest BCUT2D eigenvalue weighted by Gasteiger charge is -2.31. The van der Waals surface area contributed by atoms with E-state index in [0.717, 1.165) is 12.0 Å². The number of ether oxygens (including phenoxy) is 1. The number of anilines is 1. The fourth-order valence-corrected chi connectivity index (χ4v) is 4.36. The Morgan fingerprint density at radius 1 is 0.875 bits per heavy atom. The Balaban J connectivity index is 1.61. The van der Waals surface area contributed by atoms with Crippen LogP contribution in [0.15, 0.2) is 78.5 Å². The third-order valence-electron chi connectivity index (χ3n) is 5.95. The van der Waals surface area contributed by atoms with Gasteiger partial charge in [-0.2, -0.15) is 0 Å². The third-order valence-corrected chi connectivity index (χ3v) is 5.95. The van der Waals surface area contributed by atoms with Gasteiger partial charge in [-0.15, -0.1) is 0 Å². The quantitative estimate of drug-likeness (QED) is 0.585. The summed E-state index contributed by atoms with van der Waals surface area (Å²) in [5, 5.41) is 0. The number of hydrogen-bond acceptors (Lipinski definition) is 4. The van der Waals surface area contributed by atoms with E-state index < -0.39 is 11.7 Å². The molecule has 0 saturated carbocycles. The number of fused-ring (bicyclic) bond motifs is 1. The SMILES string of the molecule is COc1cccc(N2C(=O)C(c3ccc(F)cc3)=C(N3CCc4ccccc4C3)C2=O)c1. The number of imide groups is 1. The minimum absolute atomic E-state index is 0.289. The number of methoxy groups -OCH3 is 1. The Labute approximate surface area is 185 Å². The molecule has 0 spiro atoms. The van der Waals surface area contributed by atoms with Crippen LogP contribution in [0.5, 0.6) is 5.75 Å². The summed E-state index contributed by atoms with van der Waals surface area (Å²) in [4.78, 5) is 30.4. The van der Waals surface area contributed by atoms with Gasteiger partial charge in [0.05, 0.1) is 18.4 Å². The van der Waals surface area contributed by atoms with Gasteiger partial charge in [-0.05, 0) is 47.4 Å². The lowest BCUT2D eigenvalue weighted by atomic mass is 9.98. The van der Waals surface area contributed by atoms with Crippen LogP contribution in [0.25, 0.3) is 5.57 Å². The van der Waals surface area contributed by atoms with E-state index in [1.54, 1.807) is 36.4 Å². The average molecular weight is 428 g/mol. The van der Waals surface area contributed by atoms with E-state index in [-0.39, 0.29) is 11.5 Å². The lowest BCUT2D eigenvalue weighted by Crippen LogP contribution is -2.37. The van der Waals surface area contributed by atoms with Crippen molar-refractivity contribution in [2.45, 2.75) is 13.0 Å². The van der Waals surface area contributed by atoms with Crippen molar-refractivity contribution in [1.29, 1.82) is 0 Å². The molecule has 2 heterocycles. The van der Waals surface area contributed by atoms with Crippen LogP contribution in [-0.2, 0) is 22.6 Å². The summed E-state index contributed by atoms with van der Waals surface area (Å²) in [6.45, 7) is 1.14.